The molecule has 3 heterocycles. The Hall–Kier alpha value is -4.27. The van der Waals surface area contributed by atoms with E-state index in [0.717, 1.165) is 22.8 Å². The summed E-state index contributed by atoms with van der Waals surface area (Å²) < 4.78 is 7.53. The number of anilines is 1. The predicted molar refractivity (Wildman–Crippen MR) is 118 cm³/mol. The summed E-state index contributed by atoms with van der Waals surface area (Å²) in [7, 11) is 1.89. The highest BCUT2D eigenvalue weighted by molar-refractivity contribution is 5.95. The molecule has 0 fully saturated rings. The van der Waals surface area contributed by atoms with Crippen LogP contribution in [0.15, 0.2) is 67.1 Å². The first-order chi connectivity index (χ1) is 15.7. The summed E-state index contributed by atoms with van der Waals surface area (Å²) in [5, 5.41) is 14.8. The van der Waals surface area contributed by atoms with E-state index in [1.807, 2.05) is 54.1 Å². The van der Waals surface area contributed by atoms with Crippen molar-refractivity contribution in [2.24, 2.45) is 7.05 Å². The molecule has 0 radical (unpaired) electrons. The SMILES string of the molecule is Cn1c(CNc2cccc(C(=O)N[C@H]3COc4ccccc43)c2)nnc1-c1ccncn1. The molecule has 2 aromatic carbocycles. The minimum Gasteiger partial charge on any atom is -0.491 e. The van der Waals surface area contributed by atoms with Gasteiger partial charge in [-0.25, -0.2) is 9.97 Å². The van der Waals surface area contributed by atoms with E-state index in [-0.39, 0.29) is 11.9 Å². The summed E-state index contributed by atoms with van der Waals surface area (Å²) in [5.74, 6) is 2.08. The van der Waals surface area contributed by atoms with Crippen molar-refractivity contribution in [2.45, 2.75) is 12.6 Å². The number of hydrogen-bond acceptors (Lipinski definition) is 7. The molecular formula is C23H21N7O2. The zero-order valence-electron chi connectivity index (χ0n) is 17.4. The van der Waals surface area contributed by atoms with Crippen molar-refractivity contribution in [1.29, 1.82) is 0 Å². The number of hydrogen-bond donors (Lipinski definition) is 2. The molecule has 4 aromatic rings. The second kappa shape index (κ2) is 8.46. The summed E-state index contributed by atoms with van der Waals surface area (Å²) >= 11 is 0. The number of aromatic nitrogens is 5. The van der Waals surface area contributed by atoms with Crippen LogP contribution >= 0.6 is 0 Å². The lowest BCUT2D eigenvalue weighted by Gasteiger charge is -2.13. The molecule has 0 aliphatic carbocycles. The first kappa shape index (κ1) is 19.7. The number of nitrogens with one attached hydrogen (secondary N) is 2. The zero-order chi connectivity index (χ0) is 21.9. The van der Waals surface area contributed by atoms with E-state index in [9.17, 15) is 4.79 Å². The molecule has 2 N–H and O–H groups in total. The fraction of sp³-hybridized carbons (Fsp3) is 0.174. The number of para-hydroxylation sites is 1. The summed E-state index contributed by atoms with van der Waals surface area (Å²) in [6, 6.07) is 16.7. The number of carbonyl (C=O) groups excluding carboxylic acids is 1. The van der Waals surface area contributed by atoms with Crippen molar-refractivity contribution in [2.75, 3.05) is 11.9 Å². The van der Waals surface area contributed by atoms with Crippen LogP contribution in [0.1, 0.15) is 27.8 Å². The van der Waals surface area contributed by atoms with E-state index < -0.39 is 0 Å². The van der Waals surface area contributed by atoms with Crippen LogP contribution in [-0.2, 0) is 13.6 Å². The highest BCUT2D eigenvalue weighted by Crippen LogP contribution is 2.31. The molecule has 0 bridgehead atoms. The third kappa shape index (κ3) is 3.87. The van der Waals surface area contributed by atoms with Gasteiger partial charge in [-0.2, -0.15) is 0 Å². The highest BCUT2D eigenvalue weighted by Gasteiger charge is 2.25. The molecule has 0 saturated heterocycles. The number of ether oxygens (including phenoxy) is 1. The largest absolute Gasteiger partial charge is 0.491 e. The van der Waals surface area contributed by atoms with Gasteiger partial charge >= 0.3 is 0 Å². The summed E-state index contributed by atoms with van der Waals surface area (Å²) in [4.78, 5) is 21.0. The van der Waals surface area contributed by atoms with Crippen LogP contribution in [0.2, 0.25) is 0 Å². The minimum atomic E-state index is -0.158. The van der Waals surface area contributed by atoms with Crippen LogP contribution in [0.25, 0.3) is 11.5 Å². The van der Waals surface area contributed by atoms with Gasteiger partial charge in [0.25, 0.3) is 5.91 Å². The standard InChI is InChI=1S/C23H21N7O2/c1-30-21(28-29-22(30)18-9-10-24-14-26-18)12-25-16-6-4-5-15(11-16)23(31)27-19-13-32-20-8-3-2-7-17(19)20/h2-11,14,19,25H,12-13H2,1H3,(H,27,31)/t19-/m0/s1. The monoisotopic (exact) mass is 427 g/mol. The molecule has 0 unspecified atom stereocenters. The van der Waals surface area contributed by atoms with Gasteiger partial charge in [0.2, 0.25) is 0 Å². The van der Waals surface area contributed by atoms with E-state index >= 15 is 0 Å². The summed E-state index contributed by atoms with van der Waals surface area (Å²) in [6.45, 7) is 0.882. The number of benzene rings is 2. The third-order valence-electron chi connectivity index (χ3n) is 5.36. The average molecular weight is 427 g/mol. The van der Waals surface area contributed by atoms with Crippen LogP contribution < -0.4 is 15.4 Å². The fourth-order valence-corrected chi connectivity index (χ4v) is 3.64. The lowest BCUT2D eigenvalue weighted by atomic mass is 10.1. The average Bonchev–Trinajstić information content (AvgIpc) is 3.42. The zero-order valence-corrected chi connectivity index (χ0v) is 17.4. The number of fused-ring (bicyclic) bond motifs is 1. The maximum Gasteiger partial charge on any atom is 0.251 e. The Labute approximate surface area is 184 Å². The lowest BCUT2D eigenvalue weighted by molar-refractivity contribution is 0.0930. The second-order valence-electron chi connectivity index (χ2n) is 7.40. The van der Waals surface area contributed by atoms with E-state index in [4.69, 9.17) is 4.74 Å². The van der Waals surface area contributed by atoms with Crippen molar-refractivity contribution < 1.29 is 9.53 Å². The van der Waals surface area contributed by atoms with Gasteiger partial charge < -0.3 is 19.9 Å². The van der Waals surface area contributed by atoms with Crippen LogP contribution in [-0.4, -0.2) is 37.2 Å². The summed E-state index contributed by atoms with van der Waals surface area (Å²) in [6.07, 6.45) is 3.15. The van der Waals surface area contributed by atoms with Gasteiger partial charge in [0, 0.05) is 30.1 Å². The number of carbonyl (C=O) groups is 1. The van der Waals surface area contributed by atoms with Gasteiger partial charge in [-0.05, 0) is 30.3 Å². The number of amides is 1. The Balaban J connectivity index is 1.25. The molecule has 1 amide bonds. The molecule has 5 rings (SSSR count). The lowest BCUT2D eigenvalue weighted by Crippen LogP contribution is -2.29. The molecule has 1 atom stereocenters. The molecular weight excluding hydrogens is 406 g/mol. The van der Waals surface area contributed by atoms with E-state index in [1.54, 1.807) is 18.3 Å². The van der Waals surface area contributed by atoms with E-state index in [1.165, 1.54) is 6.33 Å². The molecule has 160 valence electrons. The summed E-state index contributed by atoms with van der Waals surface area (Å²) in [5.41, 5.74) is 3.08. The molecule has 0 spiro atoms. The maximum absolute atomic E-state index is 12.8. The first-order valence-electron chi connectivity index (χ1n) is 10.2. The fourth-order valence-electron chi connectivity index (χ4n) is 3.64. The molecule has 32 heavy (non-hydrogen) atoms. The molecule has 9 heteroatoms. The van der Waals surface area contributed by atoms with Crippen molar-refractivity contribution >= 4 is 11.6 Å². The van der Waals surface area contributed by atoms with Crippen molar-refractivity contribution in [3.63, 3.8) is 0 Å². The highest BCUT2D eigenvalue weighted by atomic mass is 16.5. The molecule has 1 aliphatic heterocycles. The van der Waals surface area contributed by atoms with Gasteiger partial charge in [-0.3, -0.25) is 4.79 Å². The van der Waals surface area contributed by atoms with Gasteiger partial charge in [0.05, 0.1) is 12.6 Å². The molecule has 9 nitrogen and oxygen atoms in total. The maximum atomic E-state index is 12.8. The smallest absolute Gasteiger partial charge is 0.251 e. The van der Waals surface area contributed by atoms with Gasteiger partial charge in [-0.15, -0.1) is 10.2 Å². The van der Waals surface area contributed by atoms with E-state index in [2.05, 4.69) is 30.8 Å². The quantitative estimate of drug-likeness (QED) is 0.487. The van der Waals surface area contributed by atoms with Crippen molar-refractivity contribution in [1.82, 2.24) is 30.0 Å². The molecule has 0 saturated carbocycles. The number of rotatable bonds is 6. The van der Waals surface area contributed by atoms with Crippen molar-refractivity contribution in [3.05, 3.63) is 84.1 Å². The third-order valence-corrected chi connectivity index (χ3v) is 5.36. The van der Waals surface area contributed by atoms with Gasteiger partial charge in [-0.1, -0.05) is 24.3 Å². The Bertz CT molecular complexity index is 1260. The second-order valence-corrected chi connectivity index (χ2v) is 7.40. The Morgan fingerprint density at radius 2 is 2.06 bits per heavy atom. The topological polar surface area (TPSA) is 107 Å². The van der Waals surface area contributed by atoms with E-state index in [0.29, 0.717) is 30.2 Å². The minimum absolute atomic E-state index is 0.149. The number of nitrogens with zero attached hydrogens (tertiary/aromatic N) is 5. The Kier molecular flexibility index (Phi) is 5.20. The van der Waals surface area contributed by atoms with Crippen molar-refractivity contribution in [3.8, 4) is 17.3 Å². The van der Waals surface area contributed by atoms with Crippen LogP contribution in [0.4, 0.5) is 5.69 Å². The van der Waals surface area contributed by atoms with Gasteiger partial charge in [0.1, 0.15) is 24.4 Å². The molecule has 2 aromatic heterocycles. The Morgan fingerprint density at radius 1 is 1.16 bits per heavy atom. The van der Waals surface area contributed by atoms with Gasteiger partial charge in [0.15, 0.2) is 11.6 Å². The van der Waals surface area contributed by atoms with Crippen LogP contribution in [0, 0.1) is 0 Å². The first-order valence-corrected chi connectivity index (χ1v) is 10.2. The normalized spacial score (nSPS) is 14.5. The Morgan fingerprint density at radius 3 is 2.94 bits per heavy atom. The molecule has 1 aliphatic rings. The van der Waals surface area contributed by atoms with Crippen LogP contribution in [0.5, 0.6) is 5.75 Å². The van der Waals surface area contributed by atoms with Crippen LogP contribution in [0.3, 0.4) is 0 Å². The predicted octanol–water partition coefficient (Wildman–Crippen LogP) is 2.75.